The summed E-state index contributed by atoms with van der Waals surface area (Å²) in [6, 6.07) is 5.77. The van der Waals surface area contributed by atoms with E-state index in [9.17, 15) is 0 Å². The maximum atomic E-state index is 5.95. The van der Waals surface area contributed by atoms with Gasteiger partial charge in [0.15, 0.2) is 0 Å². The number of hydrogen-bond acceptors (Lipinski definition) is 2. The van der Waals surface area contributed by atoms with Crippen molar-refractivity contribution in [2.75, 3.05) is 11.5 Å². The van der Waals surface area contributed by atoms with E-state index in [1.54, 1.807) is 0 Å². The molecule has 1 atom stereocenters. The van der Waals surface area contributed by atoms with Crippen LogP contribution >= 0.6 is 24.8 Å². The number of nitrogen functional groups attached to an aromatic ring is 2. The lowest BCUT2D eigenvalue weighted by atomic mass is 10.1. The minimum atomic E-state index is -1.19. The Balaban J connectivity index is 0. The van der Waals surface area contributed by atoms with Gasteiger partial charge in [0.2, 0.25) is 0 Å². The molecule has 1 aromatic rings. The fourth-order valence-corrected chi connectivity index (χ4v) is 2.62. The molecule has 0 saturated heterocycles. The summed E-state index contributed by atoms with van der Waals surface area (Å²) in [5.74, 6) is 0. The summed E-state index contributed by atoms with van der Waals surface area (Å²) >= 11 is 0. The molecule has 0 radical (unpaired) electrons. The quantitative estimate of drug-likeness (QED) is 0.642. The molecule has 0 bridgehead atoms. The fraction of sp³-hybridized carbons (Fsp3) is 0.455. The van der Waals surface area contributed by atoms with Gasteiger partial charge in [-0.15, -0.1) is 24.8 Å². The number of halogens is 2. The Labute approximate surface area is 112 Å². The van der Waals surface area contributed by atoms with Crippen molar-refractivity contribution in [1.82, 2.24) is 0 Å². The highest BCUT2D eigenvalue weighted by Crippen LogP contribution is 2.31. The van der Waals surface area contributed by atoms with Gasteiger partial charge < -0.3 is 11.5 Å². The molecule has 0 spiro atoms. The second-order valence-electron chi connectivity index (χ2n) is 4.98. The summed E-state index contributed by atoms with van der Waals surface area (Å²) in [6.07, 6.45) is 0. The highest BCUT2D eigenvalue weighted by Gasteiger charge is 2.25. The molecule has 1 aromatic carbocycles. The van der Waals surface area contributed by atoms with Gasteiger partial charge in [0.05, 0.1) is 8.07 Å². The summed E-state index contributed by atoms with van der Waals surface area (Å²) < 4.78 is 0. The van der Waals surface area contributed by atoms with Crippen LogP contribution in [0.25, 0.3) is 0 Å². The first kappa shape index (κ1) is 18.0. The number of rotatable bonds is 2. The maximum absolute atomic E-state index is 5.95. The van der Waals surface area contributed by atoms with Crippen molar-refractivity contribution < 1.29 is 0 Å². The third-order valence-corrected chi connectivity index (χ3v) is 5.79. The van der Waals surface area contributed by atoms with Crippen molar-refractivity contribution in [2.45, 2.75) is 32.1 Å². The van der Waals surface area contributed by atoms with Crippen LogP contribution in [-0.2, 0) is 0 Å². The van der Waals surface area contributed by atoms with Crippen molar-refractivity contribution >= 4 is 44.3 Å². The Hall–Kier alpha value is -0.383. The SMILES string of the molecule is CC(c1cc(N)ccc1N)[Si](C)(C)C.Cl.Cl. The molecule has 0 fully saturated rings. The molecule has 16 heavy (non-hydrogen) atoms. The molecule has 0 aromatic heterocycles. The molecule has 5 heteroatoms. The summed E-state index contributed by atoms with van der Waals surface area (Å²) in [5, 5.41) is 0. The van der Waals surface area contributed by atoms with Crippen molar-refractivity contribution in [2.24, 2.45) is 0 Å². The zero-order valence-corrected chi connectivity index (χ0v) is 12.9. The second kappa shape index (κ2) is 6.38. The molecule has 2 nitrogen and oxygen atoms in total. The minimum absolute atomic E-state index is 0. The van der Waals surface area contributed by atoms with E-state index in [1.165, 1.54) is 5.56 Å². The van der Waals surface area contributed by atoms with Crippen LogP contribution in [0.3, 0.4) is 0 Å². The third-order valence-electron chi connectivity index (χ3n) is 2.88. The average Bonchev–Trinajstić information content (AvgIpc) is 2.06. The van der Waals surface area contributed by atoms with Gasteiger partial charge in [-0.25, -0.2) is 0 Å². The van der Waals surface area contributed by atoms with E-state index in [1.807, 2.05) is 18.2 Å². The van der Waals surface area contributed by atoms with E-state index >= 15 is 0 Å². The van der Waals surface area contributed by atoms with Gasteiger partial charge in [-0.3, -0.25) is 0 Å². The standard InChI is InChI=1S/C11H20N2Si.2ClH/c1-8(14(2,3)4)10-7-9(12)5-6-11(10)13;;/h5-8H,12-13H2,1-4H3;2*1H. The topological polar surface area (TPSA) is 52.0 Å². The zero-order chi connectivity index (χ0) is 10.9. The first-order valence-electron chi connectivity index (χ1n) is 4.97. The molecule has 1 rings (SSSR count). The van der Waals surface area contributed by atoms with Crippen LogP contribution < -0.4 is 11.5 Å². The average molecular weight is 281 g/mol. The molecule has 94 valence electrons. The van der Waals surface area contributed by atoms with Crippen molar-refractivity contribution in [3.63, 3.8) is 0 Å². The lowest BCUT2D eigenvalue weighted by Gasteiger charge is -2.26. The van der Waals surface area contributed by atoms with Gasteiger partial charge in [-0.05, 0) is 29.3 Å². The van der Waals surface area contributed by atoms with E-state index in [2.05, 4.69) is 26.6 Å². The van der Waals surface area contributed by atoms with Gasteiger partial charge in [0.25, 0.3) is 0 Å². The van der Waals surface area contributed by atoms with Gasteiger partial charge >= 0.3 is 0 Å². The van der Waals surface area contributed by atoms with E-state index < -0.39 is 8.07 Å². The number of benzene rings is 1. The predicted molar refractivity (Wildman–Crippen MR) is 81.5 cm³/mol. The highest BCUT2D eigenvalue weighted by molar-refractivity contribution is 6.77. The molecule has 0 aliphatic carbocycles. The van der Waals surface area contributed by atoms with Crippen LogP contribution in [0.5, 0.6) is 0 Å². The molecule has 0 aliphatic heterocycles. The molecule has 0 saturated carbocycles. The molecular formula is C11H22Cl2N2Si. The number of anilines is 2. The highest BCUT2D eigenvalue weighted by atomic mass is 35.5. The Morgan fingerprint density at radius 1 is 1.06 bits per heavy atom. The van der Waals surface area contributed by atoms with Gasteiger partial charge in [0.1, 0.15) is 0 Å². The maximum Gasteiger partial charge on any atom is 0.0519 e. The van der Waals surface area contributed by atoms with Crippen molar-refractivity contribution in [3.05, 3.63) is 23.8 Å². The summed E-state index contributed by atoms with van der Waals surface area (Å²) in [6.45, 7) is 9.29. The van der Waals surface area contributed by atoms with Crippen LogP contribution in [0.2, 0.25) is 19.6 Å². The van der Waals surface area contributed by atoms with Gasteiger partial charge in [0, 0.05) is 11.4 Å². The molecule has 0 amide bonds. The summed E-state index contributed by atoms with van der Waals surface area (Å²) in [5.41, 5.74) is 15.2. The number of hydrogen-bond donors (Lipinski definition) is 2. The molecular weight excluding hydrogens is 259 g/mol. The first-order valence-corrected chi connectivity index (χ1v) is 8.55. The number of nitrogens with two attached hydrogens (primary N) is 2. The third kappa shape index (κ3) is 4.24. The predicted octanol–water partition coefficient (Wildman–Crippen LogP) is 3.68. The van der Waals surface area contributed by atoms with Gasteiger partial charge in [-0.1, -0.05) is 26.6 Å². The van der Waals surface area contributed by atoms with Crippen LogP contribution in [0.1, 0.15) is 18.0 Å². The van der Waals surface area contributed by atoms with Crippen molar-refractivity contribution in [1.29, 1.82) is 0 Å². The smallest absolute Gasteiger partial charge is 0.0519 e. The second-order valence-corrected chi connectivity index (χ2v) is 10.6. The Bertz CT molecular complexity index is 337. The molecule has 0 heterocycles. The summed E-state index contributed by atoms with van der Waals surface area (Å²) in [7, 11) is -1.19. The van der Waals surface area contributed by atoms with E-state index in [0.29, 0.717) is 5.54 Å². The van der Waals surface area contributed by atoms with Crippen LogP contribution in [0, 0.1) is 0 Å². The van der Waals surface area contributed by atoms with E-state index in [-0.39, 0.29) is 24.8 Å². The zero-order valence-electron chi connectivity index (χ0n) is 10.3. The Kier molecular flexibility index (Phi) is 7.17. The van der Waals surface area contributed by atoms with E-state index in [0.717, 1.165) is 11.4 Å². The molecule has 0 aliphatic rings. The lowest BCUT2D eigenvalue weighted by Crippen LogP contribution is -2.29. The van der Waals surface area contributed by atoms with Crippen LogP contribution in [-0.4, -0.2) is 8.07 Å². The monoisotopic (exact) mass is 280 g/mol. The first-order chi connectivity index (χ1) is 6.32. The lowest BCUT2D eigenvalue weighted by molar-refractivity contribution is 1.02. The van der Waals surface area contributed by atoms with Gasteiger partial charge in [-0.2, -0.15) is 0 Å². The molecule has 1 unspecified atom stereocenters. The Morgan fingerprint density at radius 3 is 2.00 bits per heavy atom. The Morgan fingerprint density at radius 2 is 1.56 bits per heavy atom. The van der Waals surface area contributed by atoms with E-state index in [4.69, 9.17) is 11.5 Å². The fourth-order valence-electron chi connectivity index (χ4n) is 1.43. The summed E-state index contributed by atoms with van der Waals surface area (Å²) in [4.78, 5) is 0. The van der Waals surface area contributed by atoms with Crippen LogP contribution in [0.4, 0.5) is 11.4 Å². The largest absolute Gasteiger partial charge is 0.399 e. The van der Waals surface area contributed by atoms with Crippen molar-refractivity contribution in [3.8, 4) is 0 Å². The van der Waals surface area contributed by atoms with Crippen LogP contribution in [0.15, 0.2) is 18.2 Å². The minimum Gasteiger partial charge on any atom is -0.399 e. The molecule has 4 N–H and O–H groups in total. The normalized spacial score (nSPS) is 12.2.